The van der Waals surface area contributed by atoms with Crippen LogP contribution in [-0.2, 0) is 13.2 Å². The standard InChI is InChI=1S/C14H12F2N2O3/c15-11-6-12(16)14(18(20)21)5-10(11)7-17-13-4-2-1-3-9(13)8-19/h1-6,17,19H,7-8H2. The molecule has 2 aromatic carbocycles. The van der Waals surface area contributed by atoms with Crippen LogP contribution in [0.1, 0.15) is 11.1 Å². The molecular weight excluding hydrogens is 282 g/mol. The normalized spacial score (nSPS) is 10.4. The molecule has 0 saturated carbocycles. The van der Waals surface area contributed by atoms with Crippen LogP contribution in [0.25, 0.3) is 0 Å². The van der Waals surface area contributed by atoms with Gasteiger partial charge in [0.15, 0.2) is 0 Å². The van der Waals surface area contributed by atoms with E-state index in [9.17, 15) is 24.0 Å². The molecular formula is C14H12F2N2O3. The van der Waals surface area contributed by atoms with Crippen molar-refractivity contribution in [3.8, 4) is 0 Å². The molecule has 0 amide bonds. The van der Waals surface area contributed by atoms with Crippen LogP contribution < -0.4 is 5.32 Å². The molecule has 21 heavy (non-hydrogen) atoms. The summed E-state index contributed by atoms with van der Waals surface area (Å²) < 4.78 is 26.9. The van der Waals surface area contributed by atoms with Gasteiger partial charge in [-0.1, -0.05) is 18.2 Å². The fraction of sp³-hybridized carbons (Fsp3) is 0.143. The number of rotatable bonds is 5. The van der Waals surface area contributed by atoms with Crippen LogP contribution in [0, 0.1) is 21.7 Å². The number of anilines is 1. The lowest BCUT2D eigenvalue weighted by molar-refractivity contribution is -0.387. The predicted molar refractivity (Wildman–Crippen MR) is 72.7 cm³/mol. The number of nitrogens with one attached hydrogen (secondary N) is 1. The van der Waals surface area contributed by atoms with Crippen LogP contribution in [0.5, 0.6) is 0 Å². The second kappa shape index (κ2) is 6.27. The van der Waals surface area contributed by atoms with Gasteiger partial charge in [-0.25, -0.2) is 4.39 Å². The van der Waals surface area contributed by atoms with Gasteiger partial charge in [-0.05, 0) is 6.07 Å². The van der Waals surface area contributed by atoms with Gasteiger partial charge < -0.3 is 10.4 Å². The molecule has 0 radical (unpaired) electrons. The summed E-state index contributed by atoms with van der Waals surface area (Å²) in [7, 11) is 0. The molecule has 5 nitrogen and oxygen atoms in total. The summed E-state index contributed by atoms with van der Waals surface area (Å²) in [6.07, 6.45) is 0. The van der Waals surface area contributed by atoms with E-state index in [4.69, 9.17) is 0 Å². The van der Waals surface area contributed by atoms with Crippen molar-refractivity contribution >= 4 is 11.4 Å². The second-order valence-electron chi connectivity index (χ2n) is 4.32. The average Bonchev–Trinajstić information content (AvgIpc) is 2.46. The number of hydrogen-bond donors (Lipinski definition) is 2. The molecule has 7 heteroatoms. The summed E-state index contributed by atoms with van der Waals surface area (Å²) in [6, 6.07) is 8.19. The zero-order chi connectivity index (χ0) is 15.4. The van der Waals surface area contributed by atoms with Crippen molar-refractivity contribution in [1.29, 1.82) is 0 Å². The van der Waals surface area contributed by atoms with Crippen LogP contribution in [-0.4, -0.2) is 10.0 Å². The maximum absolute atomic E-state index is 13.6. The molecule has 110 valence electrons. The quantitative estimate of drug-likeness (QED) is 0.656. The first-order chi connectivity index (χ1) is 10.0. The van der Waals surface area contributed by atoms with Gasteiger partial charge in [-0.2, -0.15) is 4.39 Å². The summed E-state index contributed by atoms with van der Waals surface area (Å²) in [6.45, 7) is -0.265. The highest BCUT2D eigenvalue weighted by Crippen LogP contribution is 2.23. The molecule has 0 heterocycles. The number of benzene rings is 2. The van der Waals surface area contributed by atoms with Crippen molar-refractivity contribution in [3.05, 3.63) is 69.3 Å². The lowest BCUT2D eigenvalue weighted by atomic mass is 10.1. The summed E-state index contributed by atoms with van der Waals surface area (Å²) in [5.74, 6) is -2.08. The number of halogens is 2. The van der Waals surface area contributed by atoms with Crippen molar-refractivity contribution < 1.29 is 18.8 Å². The molecule has 0 unspecified atom stereocenters. The molecule has 0 fully saturated rings. The van der Waals surface area contributed by atoms with Gasteiger partial charge in [0.25, 0.3) is 0 Å². The lowest BCUT2D eigenvalue weighted by Gasteiger charge is -2.11. The largest absolute Gasteiger partial charge is 0.392 e. The number of nitrogens with zero attached hydrogens (tertiary/aromatic N) is 1. The monoisotopic (exact) mass is 294 g/mol. The molecule has 2 rings (SSSR count). The first-order valence-electron chi connectivity index (χ1n) is 6.08. The maximum atomic E-state index is 13.6. The van der Waals surface area contributed by atoms with E-state index < -0.39 is 22.2 Å². The summed E-state index contributed by atoms with van der Waals surface area (Å²) in [5.41, 5.74) is 0.375. The topological polar surface area (TPSA) is 75.4 Å². The lowest BCUT2D eigenvalue weighted by Crippen LogP contribution is -2.06. The minimum absolute atomic E-state index is 0.0316. The van der Waals surface area contributed by atoms with E-state index in [1.165, 1.54) is 0 Å². The van der Waals surface area contributed by atoms with E-state index in [0.717, 1.165) is 6.07 Å². The Balaban J connectivity index is 2.24. The van der Waals surface area contributed by atoms with Gasteiger partial charge in [0, 0.05) is 35.5 Å². The SMILES string of the molecule is O=[N+]([O-])c1cc(CNc2ccccc2CO)c(F)cc1F. The third kappa shape index (κ3) is 3.32. The fourth-order valence-electron chi connectivity index (χ4n) is 1.88. The van der Waals surface area contributed by atoms with Crippen LogP contribution in [0.3, 0.4) is 0 Å². The van der Waals surface area contributed by atoms with Crippen molar-refractivity contribution in [2.45, 2.75) is 13.2 Å². The smallest absolute Gasteiger partial charge is 0.305 e. The Morgan fingerprint density at radius 3 is 2.52 bits per heavy atom. The van der Waals surface area contributed by atoms with E-state index in [1.54, 1.807) is 24.3 Å². The molecule has 2 N–H and O–H groups in total. The van der Waals surface area contributed by atoms with Crippen molar-refractivity contribution in [2.24, 2.45) is 0 Å². The van der Waals surface area contributed by atoms with Gasteiger partial charge in [0.2, 0.25) is 5.82 Å². The van der Waals surface area contributed by atoms with Crippen molar-refractivity contribution in [2.75, 3.05) is 5.32 Å². The molecule has 0 aromatic heterocycles. The Hall–Kier alpha value is -2.54. The second-order valence-corrected chi connectivity index (χ2v) is 4.32. The minimum atomic E-state index is -1.21. The van der Waals surface area contributed by atoms with Gasteiger partial charge >= 0.3 is 5.69 Å². The molecule has 0 aliphatic carbocycles. The predicted octanol–water partition coefficient (Wildman–Crippen LogP) is 2.98. The van der Waals surface area contributed by atoms with Crippen LogP contribution in [0.2, 0.25) is 0 Å². The molecule has 2 aromatic rings. The van der Waals surface area contributed by atoms with E-state index in [1.807, 2.05) is 0 Å². The molecule has 0 aliphatic heterocycles. The summed E-state index contributed by atoms with van der Waals surface area (Å²) >= 11 is 0. The number of nitro groups is 1. The molecule has 0 bridgehead atoms. The highest BCUT2D eigenvalue weighted by atomic mass is 19.1. The number of para-hydroxylation sites is 1. The van der Waals surface area contributed by atoms with Crippen LogP contribution in [0.15, 0.2) is 36.4 Å². The Morgan fingerprint density at radius 2 is 1.86 bits per heavy atom. The molecule has 0 aliphatic rings. The fourth-order valence-corrected chi connectivity index (χ4v) is 1.88. The molecule has 0 atom stereocenters. The number of hydrogen-bond acceptors (Lipinski definition) is 4. The van der Waals surface area contributed by atoms with E-state index in [-0.39, 0.29) is 18.7 Å². The highest BCUT2D eigenvalue weighted by Gasteiger charge is 2.18. The van der Waals surface area contributed by atoms with Crippen LogP contribution in [0.4, 0.5) is 20.2 Å². The van der Waals surface area contributed by atoms with Gasteiger partial charge in [-0.15, -0.1) is 0 Å². The average molecular weight is 294 g/mol. The Labute approximate surface area is 119 Å². The van der Waals surface area contributed by atoms with E-state index in [2.05, 4.69) is 5.32 Å². The van der Waals surface area contributed by atoms with E-state index >= 15 is 0 Å². The van der Waals surface area contributed by atoms with Crippen molar-refractivity contribution in [3.63, 3.8) is 0 Å². The highest BCUT2D eigenvalue weighted by molar-refractivity contribution is 5.51. The van der Waals surface area contributed by atoms with E-state index in [0.29, 0.717) is 17.3 Å². The van der Waals surface area contributed by atoms with Gasteiger partial charge in [0.1, 0.15) is 5.82 Å². The maximum Gasteiger partial charge on any atom is 0.305 e. The minimum Gasteiger partial charge on any atom is -0.392 e. The van der Waals surface area contributed by atoms with Crippen molar-refractivity contribution in [1.82, 2.24) is 0 Å². The molecule has 0 spiro atoms. The number of aliphatic hydroxyl groups is 1. The first kappa shape index (κ1) is 14.9. The Morgan fingerprint density at radius 1 is 1.14 bits per heavy atom. The zero-order valence-electron chi connectivity index (χ0n) is 10.8. The number of nitro benzene ring substituents is 1. The zero-order valence-corrected chi connectivity index (χ0v) is 10.8. The van der Waals surface area contributed by atoms with Crippen LogP contribution >= 0.6 is 0 Å². The third-order valence-electron chi connectivity index (χ3n) is 2.97. The Kier molecular flexibility index (Phi) is 4.44. The van der Waals surface area contributed by atoms with Gasteiger partial charge in [0.05, 0.1) is 11.5 Å². The number of aliphatic hydroxyl groups excluding tert-OH is 1. The Bertz CT molecular complexity index is 677. The first-order valence-corrected chi connectivity index (χ1v) is 6.08. The third-order valence-corrected chi connectivity index (χ3v) is 2.97. The summed E-state index contributed by atoms with van der Waals surface area (Å²) in [4.78, 5) is 9.75. The summed E-state index contributed by atoms with van der Waals surface area (Å²) in [5, 5.41) is 22.7. The van der Waals surface area contributed by atoms with Gasteiger partial charge in [-0.3, -0.25) is 10.1 Å². The molecule has 0 saturated heterocycles.